The molecule has 4 rings (SSSR count). The molecule has 39 heavy (non-hydrogen) atoms. The van der Waals surface area contributed by atoms with Gasteiger partial charge in [-0.1, -0.05) is 36.4 Å². The van der Waals surface area contributed by atoms with Crippen LogP contribution >= 0.6 is 12.4 Å². The summed E-state index contributed by atoms with van der Waals surface area (Å²) in [5.74, 6) is -1.04. The van der Waals surface area contributed by atoms with Crippen LogP contribution in [0, 0.1) is 0 Å². The molecular formula is C29H38ClN3O6. The SMILES string of the molecule is CC(=O)N(OC1CCN(C(=O)OCc2ccccc2)CC1)c1ccc2c(c1)CN(CCC(=O)O)C(C)(C)C2.Cl. The Morgan fingerprint density at radius 2 is 1.74 bits per heavy atom. The number of fused-ring (bicyclic) bond motifs is 1. The second-order valence-electron chi connectivity index (χ2n) is 10.7. The minimum Gasteiger partial charge on any atom is -0.481 e. The molecule has 2 aliphatic rings. The Labute approximate surface area is 236 Å². The van der Waals surface area contributed by atoms with Gasteiger partial charge in [-0.25, -0.2) is 4.79 Å². The zero-order valence-corrected chi connectivity index (χ0v) is 23.6. The highest BCUT2D eigenvalue weighted by atomic mass is 35.5. The Kier molecular flexibility index (Phi) is 10.4. The maximum absolute atomic E-state index is 12.6. The van der Waals surface area contributed by atoms with Crippen molar-refractivity contribution in [2.24, 2.45) is 0 Å². The van der Waals surface area contributed by atoms with E-state index in [9.17, 15) is 14.4 Å². The zero-order valence-electron chi connectivity index (χ0n) is 22.8. The quantitative estimate of drug-likeness (QED) is 0.463. The van der Waals surface area contributed by atoms with E-state index in [0.29, 0.717) is 44.7 Å². The summed E-state index contributed by atoms with van der Waals surface area (Å²) in [7, 11) is 0. The molecule has 2 aromatic rings. The number of ether oxygens (including phenoxy) is 1. The normalized spacial score (nSPS) is 17.1. The van der Waals surface area contributed by atoms with Gasteiger partial charge in [0.15, 0.2) is 0 Å². The highest BCUT2D eigenvalue weighted by molar-refractivity contribution is 5.89. The highest BCUT2D eigenvalue weighted by Gasteiger charge is 2.34. The van der Waals surface area contributed by atoms with Gasteiger partial charge in [-0.3, -0.25) is 19.3 Å². The lowest BCUT2D eigenvalue weighted by atomic mass is 9.85. The second-order valence-corrected chi connectivity index (χ2v) is 10.7. The smallest absolute Gasteiger partial charge is 0.410 e. The number of hydrogen-bond donors (Lipinski definition) is 1. The molecule has 0 bridgehead atoms. The van der Waals surface area contributed by atoms with Crippen molar-refractivity contribution in [1.29, 1.82) is 0 Å². The van der Waals surface area contributed by atoms with Gasteiger partial charge >= 0.3 is 12.1 Å². The number of halogens is 1. The number of likely N-dealkylation sites (tertiary alicyclic amines) is 1. The van der Waals surface area contributed by atoms with E-state index < -0.39 is 5.97 Å². The van der Waals surface area contributed by atoms with Crippen molar-refractivity contribution < 1.29 is 29.1 Å². The van der Waals surface area contributed by atoms with E-state index in [1.165, 1.54) is 17.6 Å². The number of carboxylic acid groups (broad SMARTS) is 1. The number of hydroxylamine groups is 1. The van der Waals surface area contributed by atoms with E-state index in [1.54, 1.807) is 4.90 Å². The lowest BCUT2D eigenvalue weighted by Gasteiger charge is -2.43. The van der Waals surface area contributed by atoms with Crippen LogP contribution in [0.3, 0.4) is 0 Å². The molecule has 0 aliphatic carbocycles. The minimum absolute atomic E-state index is 0. The summed E-state index contributed by atoms with van der Waals surface area (Å²) in [6.07, 6.45) is 1.50. The van der Waals surface area contributed by atoms with Crippen LogP contribution in [0.5, 0.6) is 0 Å². The first kappa shape index (κ1) is 30.4. The maximum Gasteiger partial charge on any atom is 0.410 e. The number of piperidine rings is 1. The minimum atomic E-state index is -0.813. The molecule has 1 fully saturated rings. The van der Waals surface area contributed by atoms with E-state index in [-0.39, 0.29) is 49.1 Å². The molecule has 9 nitrogen and oxygen atoms in total. The summed E-state index contributed by atoms with van der Waals surface area (Å²) in [5, 5.41) is 10.5. The van der Waals surface area contributed by atoms with Gasteiger partial charge in [0.25, 0.3) is 0 Å². The van der Waals surface area contributed by atoms with Crippen molar-refractivity contribution in [1.82, 2.24) is 9.80 Å². The first-order chi connectivity index (χ1) is 18.1. The number of hydrogen-bond acceptors (Lipinski definition) is 6. The molecule has 1 saturated heterocycles. The maximum atomic E-state index is 12.6. The molecule has 2 aromatic carbocycles. The van der Waals surface area contributed by atoms with Gasteiger partial charge in [0.05, 0.1) is 18.2 Å². The Bertz CT molecular complexity index is 1150. The fourth-order valence-electron chi connectivity index (χ4n) is 5.09. The molecule has 0 aromatic heterocycles. The molecule has 2 amide bonds. The molecule has 2 heterocycles. The third-order valence-electron chi connectivity index (χ3n) is 7.31. The van der Waals surface area contributed by atoms with Crippen molar-refractivity contribution in [3.05, 3.63) is 65.2 Å². The lowest BCUT2D eigenvalue weighted by Crippen LogP contribution is -2.49. The van der Waals surface area contributed by atoms with Gasteiger partial charge in [0.2, 0.25) is 5.91 Å². The Balaban J connectivity index is 0.00000420. The third-order valence-corrected chi connectivity index (χ3v) is 7.31. The molecule has 212 valence electrons. The van der Waals surface area contributed by atoms with Crippen molar-refractivity contribution in [2.45, 2.75) is 71.2 Å². The lowest BCUT2D eigenvalue weighted by molar-refractivity contribution is -0.137. The first-order valence-corrected chi connectivity index (χ1v) is 13.1. The number of carbonyl (C=O) groups is 3. The van der Waals surface area contributed by atoms with Crippen LogP contribution in [-0.2, 0) is 38.7 Å². The van der Waals surface area contributed by atoms with Gasteiger partial charge in [0, 0.05) is 38.6 Å². The number of nitrogens with zero attached hydrogens (tertiary/aromatic N) is 3. The van der Waals surface area contributed by atoms with Crippen molar-refractivity contribution in [3.8, 4) is 0 Å². The number of carbonyl (C=O) groups excluding carboxylic acids is 2. The number of benzene rings is 2. The number of amides is 2. The van der Waals surface area contributed by atoms with E-state index in [2.05, 4.69) is 18.7 Å². The summed E-state index contributed by atoms with van der Waals surface area (Å²) in [4.78, 5) is 46.2. The third kappa shape index (κ3) is 7.94. The van der Waals surface area contributed by atoms with E-state index in [1.807, 2.05) is 48.5 Å². The molecule has 0 spiro atoms. The molecule has 0 unspecified atom stereocenters. The number of rotatable bonds is 8. The van der Waals surface area contributed by atoms with Crippen molar-refractivity contribution in [2.75, 3.05) is 24.7 Å². The fourth-order valence-corrected chi connectivity index (χ4v) is 5.09. The predicted octanol–water partition coefficient (Wildman–Crippen LogP) is 4.81. The second kappa shape index (κ2) is 13.3. The standard InChI is InChI=1S/C29H37N3O6.ClH/c1-21(33)32(25-10-9-23-18-29(2,3)31(16-13-27(34)35)19-24(23)17-25)38-26-11-14-30(15-12-26)28(36)37-20-22-7-5-4-6-8-22;/h4-10,17,26H,11-16,18-20H2,1-3H3,(H,34,35);1H. The van der Waals surface area contributed by atoms with Crippen molar-refractivity contribution in [3.63, 3.8) is 0 Å². The van der Waals surface area contributed by atoms with Crippen LogP contribution in [0.4, 0.5) is 10.5 Å². The van der Waals surface area contributed by atoms with Crippen LogP contribution in [0.15, 0.2) is 48.5 Å². The largest absolute Gasteiger partial charge is 0.481 e. The van der Waals surface area contributed by atoms with Gasteiger partial charge in [-0.15, -0.1) is 12.4 Å². The van der Waals surface area contributed by atoms with Gasteiger partial charge < -0.3 is 14.7 Å². The van der Waals surface area contributed by atoms with Crippen LogP contribution in [0.2, 0.25) is 0 Å². The van der Waals surface area contributed by atoms with E-state index in [4.69, 9.17) is 14.7 Å². The molecule has 0 atom stereocenters. The average Bonchev–Trinajstić information content (AvgIpc) is 2.89. The Morgan fingerprint density at radius 1 is 1.05 bits per heavy atom. The van der Waals surface area contributed by atoms with Gasteiger partial charge in [-0.2, -0.15) is 5.06 Å². The van der Waals surface area contributed by atoms with Gasteiger partial charge in [0.1, 0.15) is 6.61 Å². The molecule has 0 radical (unpaired) electrons. The molecular weight excluding hydrogens is 522 g/mol. The summed E-state index contributed by atoms with van der Waals surface area (Å²) >= 11 is 0. The van der Waals surface area contributed by atoms with Gasteiger partial charge in [-0.05, 0) is 61.9 Å². The highest BCUT2D eigenvalue weighted by Crippen LogP contribution is 2.33. The molecule has 1 N–H and O–H groups in total. The summed E-state index contributed by atoms with van der Waals surface area (Å²) in [5.41, 5.74) is 3.69. The van der Waals surface area contributed by atoms with Crippen molar-refractivity contribution >= 4 is 36.1 Å². The predicted molar refractivity (Wildman–Crippen MR) is 150 cm³/mol. The zero-order chi connectivity index (χ0) is 27.3. The van der Waals surface area contributed by atoms with Crippen LogP contribution in [0.25, 0.3) is 0 Å². The first-order valence-electron chi connectivity index (χ1n) is 13.1. The summed E-state index contributed by atoms with van der Waals surface area (Å²) < 4.78 is 5.44. The van der Waals surface area contributed by atoms with Crippen LogP contribution in [0.1, 0.15) is 56.7 Å². The van der Waals surface area contributed by atoms with Crippen LogP contribution < -0.4 is 5.06 Å². The monoisotopic (exact) mass is 559 g/mol. The summed E-state index contributed by atoms with van der Waals surface area (Å²) in [6.45, 7) is 8.00. The molecule has 2 aliphatic heterocycles. The Morgan fingerprint density at radius 3 is 2.38 bits per heavy atom. The van der Waals surface area contributed by atoms with E-state index in [0.717, 1.165) is 17.5 Å². The average molecular weight is 560 g/mol. The number of aliphatic carboxylic acids is 1. The summed E-state index contributed by atoms with van der Waals surface area (Å²) in [6, 6.07) is 15.5. The van der Waals surface area contributed by atoms with E-state index >= 15 is 0 Å². The number of anilines is 1. The molecule has 0 saturated carbocycles. The number of carboxylic acids is 1. The Hall–Kier alpha value is -3.14. The molecule has 10 heteroatoms. The fraction of sp³-hybridized carbons (Fsp3) is 0.483. The topological polar surface area (TPSA) is 99.6 Å². The van der Waals surface area contributed by atoms with Crippen LogP contribution in [-0.4, -0.2) is 64.2 Å².